The number of ether oxygens (including phenoxy) is 2. The number of rotatable bonds is 5. The van der Waals surface area contributed by atoms with Crippen molar-refractivity contribution in [2.75, 3.05) is 13.9 Å². The fourth-order valence-electron chi connectivity index (χ4n) is 1.70. The van der Waals surface area contributed by atoms with Gasteiger partial charge in [-0.05, 0) is 30.7 Å². The van der Waals surface area contributed by atoms with E-state index in [9.17, 15) is 0 Å². The van der Waals surface area contributed by atoms with Crippen LogP contribution in [0.2, 0.25) is 0 Å². The van der Waals surface area contributed by atoms with Gasteiger partial charge in [0, 0.05) is 23.3 Å². The first-order valence-electron chi connectivity index (χ1n) is 6.03. The first-order valence-corrected chi connectivity index (χ1v) is 6.82. The Kier molecular flexibility index (Phi) is 5.07. The van der Waals surface area contributed by atoms with Crippen LogP contribution in [0.5, 0.6) is 0 Å². The van der Waals surface area contributed by atoms with Gasteiger partial charge in [-0.1, -0.05) is 34.1 Å². The molecule has 0 amide bonds. The summed E-state index contributed by atoms with van der Waals surface area (Å²) in [7, 11) is 1.61. The minimum Gasteiger partial charge on any atom is -0.359 e. The second-order valence-corrected chi connectivity index (χ2v) is 5.11. The average molecular weight is 322 g/mol. The largest absolute Gasteiger partial charge is 0.359 e. The summed E-state index contributed by atoms with van der Waals surface area (Å²) in [5.41, 5.74) is 3.09. The molecule has 0 aliphatic carbocycles. The van der Waals surface area contributed by atoms with E-state index in [0.29, 0.717) is 0 Å². The predicted octanol–water partition coefficient (Wildman–Crippen LogP) is 4.19. The van der Waals surface area contributed by atoms with Crippen LogP contribution < -0.4 is 0 Å². The summed E-state index contributed by atoms with van der Waals surface area (Å²) >= 11 is 3.42. The first kappa shape index (κ1) is 14.2. The Balaban J connectivity index is 2.11. The molecule has 1 aromatic carbocycles. The molecule has 3 nitrogen and oxygen atoms in total. The number of nitrogens with zero attached hydrogens (tertiary/aromatic N) is 1. The van der Waals surface area contributed by atoms with Crippen molar-refractivity contribution in [3.8, 4) is 11.3 Å². The quantitative estimate of drug-likeness (QED) is 0.774. The maximum absolute atomic E-state index is 5.47. The van der Waals surface area contributed by atoms with Gasteiger partial charge in [0.25, 0.3) is 0 Å². The molecule has 2 aromatic rings. The molecular formula is C15H16BrNO2. The number of hydrogen-bond donors (Lipinski definition) is 0. The highest BCUT2D eigenvalue weighted by Gasteiger charge is 2.06. The normalized spacial score (nSPS) is 12.4. The zero-order valence-electron chi connectivity index (χ0n) is 11.0. The lowest BCUT2D eigenvalue weighted by Crippen LogP contribution is -2.03. The van der Waals surface area contributed by atoms with Crippen LogP contribution in [0.1, 0.15) is 18.6 Å². The minimum absolute atomic E-state index is 0.0218. The third-order valence-corrected chi connectivity index (χ3v) is 3.36. The standard InChI is InChI=1S/C15H16BrNO2/c1-11(19-10-18-2)13-5-8-15(17-9-13)12-3-6-14(16)7-4-12/h3-9,11H,10H2,1-2H3. The number of aromatic nitrogens is 1. The van der Waals surface area contributed by atoms with Crippen LogP contribution in [0.3, 0.4) is 0 Å². The molecule has 0 fully saturated rings. The molecule has 100 valence electrons. The number of methoxy groups -OCH3 is 1. The zero-order chi connectivity index (χ0) is 13.7. The van der Waals surface area contributed by atoms with Gasteiger partial charge in [0.1, 0.15) is 6.79 Å². The predicted molar refractivity (Wildman–Crippen MR) is 78.7 cm³/mol. The van der Waals surface area contributed by atoms with Gasteiger partial charge in [0.15, 0.2) is 0 Å². The van der Waals surface area contributed by atoms with E-state index in [0.717, 1.165) is 21.3 Å². The van der Waals surface area contributed by atoms with E-state index in [1.165, 1.54) is 0 Å². The molecule has 0 spiro atoms. The lowest BCUT2D eigenvalue weighted by atomic mass is 10.1. The van der Waals surface area contributed by atoms with Gasteiger partial charge in [0.2, 0.25) is 0 Å². The summed E-state index contributed by atoms with van der Waals surface area (Å²) in [5, 5.41) is 0. The molecule has 0 N–H and O–H groups in total. The second-order valence-electron chi connectivity index (χ2n) is 4.20. The van der Waals surface area contributed by atoms with E-state index in [1.807, 2.05) is 49.5 Å². The average Bonchev–Trinajstić information content (AvgIpc) is 2.46. The molecule has 0 aliphatic rings. The van der Waals surface area contributed by atoms with Gasteiger partial charge >= 0.3 is 0 Å². The van der Waals surface area contributed by atoms with Crippen molar-refractivity contribution in [1.82, 2.24) is 4.98 Å². The Morgan fingerprint density at radius 1 is 1.16 bits per heavy atom. The summed E-state index contributed by atoms with van der Waals surface area (Å²) < 4.78 is 11.4. The molecule has 0 radical (unpaired) electrons. The molecule has 0 saturated heterocycles. The summed E-state index contributed by atoms with van der Waals surface area (Å²) in [4.78, 5) is 4.47. The highest BCUT2D eigenvalue weighted by Crippen LogP contribution is 2.22. The Morgan fingerprint density at radius 2 is 1.89 bits per heavy atom. The van der Waals surface area contributed by atoms with Crippen molar-refractivity contribution in [3.63, 3.8) is 0 Å². The zero-order valence-corrected chi connectivity index (χ0v) is 12.6. The number of benzene rings is 1. The minimum atomic E-state index is -0.0218. The van der Waals surface area contributed by atoms with Crippen LogP contribution in [-0.4, -0.2) is 18.9 Å². The lowest BCUT2D eigenvalue weighted by Gasteiger charge is -2.12. The van der Waals surface area contributed by atoms with E-state index in [1.54, 1.807) is 7.11 Å². The van der Waals surface area contributed by atoms with Crippen molar-refractivity contribution in [3.05, 3.63) is 52.6 Å². The molecule has 1 aromatic heterocycles. The summed E-state index contributed by atoms with van der Waals surface area (Å²) in [6.07, 6.45) is 1.82. The smallest absolute Gasteiger partial charge is 0.147 e. The number of halogens is 1. The molecule has 0 aliphatic heterocycles. The molecule has 19 heavy (non-hydrogen) atoms. The topological polar surface area (TPSA) is 31.4 Å². The highest BCUT2D eigenvalue weighted by molar-refractivity contribution is 9.10. The van der Waals surface area contributed by atoms with Crippen LogP contribution in [-0.2, 0) is 9.47 Å². The van der Waals surface area contributed by atoms with Crippen LogP contribution >= 0.6 is 15.9 Å². The van der Waals surface area contributed by atoms with E-state index in [-0.39, 0.29) is 12.9 Å². The SMILES string of the molecule is COCOC(C)c1ccc(-c2ccc(Br)cc2)nc1. The highest BCUT2D eigenvalue weighted by atomic mass is 79.9. The van der Waals surface area contributed by atoms with E-state index >= 15 is 0 Å². The Hall–Kier alpha value is -1.23. The van der Waals surface area contributed by atoms with Crippen LogP contribution in [0.15, 0.2) is 47.1 Å². The molecule has 1 unspecified atom stereocenters. The lowest BCUT2D eigenvalue weighted by molar-refractivity contribution is -0.0667. The molecule has 1 atom stereocenters. The summed E-state index contributed by atoms with van der Waals surface area (Å²) in [6, 6.07) is 12.1. The van der Waals surface area contributed by atoms with Crippen molar-refractivity contribution in [1.29, 1.82) is 0 Å². The van der Waals surface area contributed by atoms with E-state index < -0.39 is 0 Å². The molecule has 0 saturated carbocycles. The Labute approximate surface area is 121 Å². The van der Waals surface area contributed by atoms with Gasteiger partial charge in [-0.2, -0.15) is 0 Å². The van der Waals surface area contributed by atoms with Crippen LogP contribution in [0.4, 0.5) is 0 Å². The van der Waals surface area contributed by atoms with E-state index in [4.69, 9.17) is 9.47 Å². The number of pyridine rings is 1. The molecule has 0 bridgehead atoms. The first-order chi connectivity index (χ1) is 9.20. The van der Waals surface area contributed by atoms with Crippen molar-refractivity contribution in [2.45, 2.75) is 13.0 Å². The Morgan fingerprint density at radius 3 is 2.47 bits per heavy atom. The summed E-state index contributed by atoms with van der Waals surface area (Å²) in [6.45, 7) is 2.27. The monoisotopic (exact) mass is 321 g/mol. The third kappa shape index (κ3) is 3.86. The molecule has 4 heteroatoms. The van der Waals surface area contributed by atoms with Crippen LogP contribution in [0.25, 0.3) is 11.3 Å². The van der Waals surface area contributed by atoms with Crippen molar-refractivity contribution in [2.24, 2.45) is 0 Å². The third-order valence-electron chi connectivity index (χ3n) is 2.83. The van der Waals surface area contributed by atoms with Crippen molar-refractivity contribution >= 4 is 15.9 Å². The molecule has 2 rings (SSSR count). The van der Waals surface area contributed by atoms with Gasteiger partial charge < -0.3 is 9.47 Å². The number of hydrogen-bond acceptors (Lipinski definition) is 3. The maximum Gasteiger partial charge on any atom is 0.147 e. The fraction of sp³-hybridized carbons (Fsp3) is 0.267. The van der Waals surface area contributed by atoms with E-state index in [2.05, 4.69) is 20.9 Å². The van der Waals surface area contributed by atoms with Gasteiger partial charge in [-0.15, -0.1) is 0 Å². The second kappa shape index (κ2) is 6.80. The summed E-state index contributed by atoms with van der Waals surface area (Å²) in [5.74, 6) is 0. The van der Waals surface area contributed by atoms with Crippen LogP contribution in [0, 0.1) is 0 Å². The fourth-order valence-corrected chi connectivity index (χ4v) is 1.97. The molecule has 1 heterocycles. The van der Waals surface area contributed by atoms with Crippen molar-refractivity contribution < 1.29 is 9.47 Å². The van der Waals surface area contributed by atoms with Gasteiger partial charge in [0.05, 0.1) is 11.8 Å². The van der Waals surface area contributed by atoms with Gasteiger partial charge in [-0.3, -0.25) is 4.98 Å². The van der Waals surface area contributed by atoms with Gasteiger partial charge in [-0.25, -0.2) is 0 Å². The maximum atomic E-state index is 5.47. The molecular weight excluding hydrogens is 306 g/mol. The Bertz CT molecular complexity index is 511.